The largest absolute Gasteiger partial charge is 0.295 e. The summed E-state index contributed by atoms with van der Waals surface area (Å²) in [5, 5.41) is 0. The minimum Gasteiger partial charge on any atom is -0.295 e. The average Bonchev–Trinajstić information content (AvgIpc) is 2.58. The first-order valence-corrected chi connectivity index (χ1v) is 9.44. The molecule has 2 rings (SSSR count). The van der Waals surface area contributed by atoms with Crippen LogP contribution in [0.25, 0.3) is 6.08 Å². The first kappa shape index (κ1) is 19.3. The van der Waals surface area contributed by atoms with Gasteiger partial charge in [0, 0.05) is 5.57 Å². The molecule has 0 bridgehead atoms. The zero-order valence-corrected chi connectivity index (χ0v) is 16.0. The number of hydrogen-bond donors (Lipinski definition) is 1. The number of hydrogen-bond acceptors (Lipinski definition) is 2. The lowest BCUT2D eigenvalue weighted by molar-refractivity contribution is -0.113. The lowest BCUT2D eigenvalue weighted by Crippen LogP contribution is -2.37. The number of ketones is 1. The van der Waals surface area contributed by atoms with Gasteiger partial charge in [-0.2, -0.15) is 0 Å². The van der Waals surface area contributed by atoms with E-state index in [-0.39, 0.29) is 5.78 Å². The number of carbonyl (C=O) groups is 1. The average molecular weight is 356 g/mol. The highest BCUT2D eigenvalue weighted by Crippen LogP contribution is 2.26. The molecule has 0 spiro atoms. The van der Waals surface area contributed by atoms with Crippen molar-refractivity contribution in [1.82, 2.24) is 4.72 Å². The minimum atomic E-state index is -1.31. The lowest BCUT2D eigenvalue weighted by Gasteiger charge is -2.26. The normalized spacial score (nSPS) is 14.8. The molecule has 3 nitrogen and oxygen atoms in total. The van der Waals surface area contributed by atoms with Gasteiger partial charge in [-0.15, -0.1) is 0 Å². The summed E-state index contributed by atoms with van der Waals surface area (Å²) >= 11 is 0. The van der Waals surface area contributed by atoms with E-state index in [2.05, 4.69) is 4.72 Å². The summed E-state index contributed by atoms with van der Waals surface area (Å²) in [5.41, 5.74) is 2.45. The predicted molar refractivity (Wildman–Crippen MR) is 105 cm³/mol. The van der Waals surface area contributed by atoms with E-state index >= 15 is 0 Å². The Balaban J connectivity index is 2.49. The summed E-state index contributed by atoms with van der Waals surface area (Å²) in [6.45, 7) is 7.28. The minimum absolute atomic E-state index is 0.0453. The standard InChI is InChI=1S/C21H25NO2S/c1-16(23)19(15-17-11-7-5-8-12-17)20(18-13-9-6-10-14-18)22-25(24)21(2,3)4/h5-15,20,22H,1-4H3/b19-15+/t20-,25+/m0/s1. The molecule has 0 radical (unpaired) electrons. The van der Waals surface area contributed by atoms with E-state index in [0.717, 1.165) is 11.1 Å². The van der Waals surface area contributed by atoms with Gasteiger partial charge >= 0.3 is 0 Å². The van der Waals surface area contributed by atoms with Crippen molar-refractivity contribution in [2.45, 2.75) is 38.5 Å². The summed E-state index contributed by atoms with van der Waals surface area (Å²) in [7, 11) is -1.31. The van der Waals surface area contributed by atoms with Gasteiger partial charge < -0.3 is 0 Å². The van der Waals surface area contributed by atoms with Crippen LogP contribution in [0.15, 0.2) is 66.2 Å². The van der Waals surface area contributed by atoms with Crippen LogP contribution >= 0.6 is 0 Å². The van der Waals surface area contributed by atoms with Crippen LogP contribution in [-0.4, -0.2) is 14.7 Å². The molecule has 0 heterocycles. The molecule has 132 valence electrons. The van der Waals surface area contributed by atoms with Gasteiger partial charge in [-0.25, -0.2) is 8.93 Å². The number of carbonyl (C=O) groups excluding carboxylic acids is 1. The van der Waals surface area contributed by atoms with Gasteiger partial charge in [0.25, 0.3) is 0 Å². The third-order valence-electron chi connectivity index (χ3n) is 3.75. The van der Waals surface area contributed by atoms with E-state index in [1.54, 1.807) is 6.92 Å². The van der Waals surface area contributed by atoms with Crippen LogP contribution in [0, 0.1) is 0 Å². The molecule has 0 unspecified atom stereocenters. The van der Waals surface area contributed by atoms with Crippen molar-refractivity contribution in [1.29, 1.82) is 0 Å². The fraction of sp³-hybridized carbons (Fsp3) is 0.286. The van der Waals surface area contributed by atoms with Crippen LogP contribution in [0.5, 0.6) is 0 Å². The molecule has 2 aromatic carbocycles. The first-order valence-electron chi connectivity index (χ1n) is 8.29. The maximum absolute atomic E-state index is 12.7. The van der Waals surface area contributed by atoms with Gasteiger partial charge in [0.1, 0.15) is 0 Å². The van der Waals surface area contributed by atoms with E-state index in [9.17, 15) is 9.00 Å². The molecule has 0 aliphatic carbocycles. The molecule has 0 saturated carbocycles. The Kier molecular flexibility index (Phi) is 6.45. The van der Waals surface area contributed by atoms with Crippen LogP contribution in [0.4, 0.5) is 0 Å². The number of benzene rings is 2. The van der Waals surface area contributed by atoms with Crippen LogP contribution in [0.1, 0.15) is 44.9 Å². The SMILES string of the molecule is CC(=O)/C(=C\c1ccccc1)[C@@H](N[S@](=O)C(C)(C)C)c1ccccc1. The quantitative estimate of drug-likeness (QED) is 0.778. The molecule has 2 aromatic rings. The first-order chi connectivity index (χ1) is 11.8. The van der Waals surface area contributed by atoms with Crippen molar-refractivity contribution in [3.05, 3.63) is 77.4 Å². The second kappa shape index (κ2) is 8.37. The van der Waals surface area contributed by atoms with Crippen LogP contribution in [-0.2, 0) is 15.8 Å². The van der Waals surface area contributed by atoms with Crippen molar-refractivity contribution in [2.75, 3.05) is 0 Å². The molecule has 0 amide bonds. The third-order valence-corrected chi connectivity index (χ3v) is 5.32. The summed E-state index contributed by atoms with van der Waals surface area (Å²) in [4.78, 5) is 12.4. The van der Waals surface area contributed by atoms with Crippen molar-refractivity contribution < 1.29 is 9.00 Å². The topological polar surface area (TPSA) is 46.2 Å². The van der Waals surface area contributed by atoms with Gasteiger partial charge in [0.05, 0.1) is 21.8 Å². The van der Waals surface area contributed by atoms with E-state index in [4.69, 9.17) is 0 Å². The van der Waals surface area contributed by atoms with Gasteiger partial charge in [-0.3, -0.25) is 4.79 Å². The predicted octanol–water partition coefficient (Wildman–Crippen LogP) is 4.45. The van der Waals surface area contributed by atoms with Crippen LogP contribution < -0.4 is 4.72 Å². The lowest BCUT2D eigenvalue weighted by atomic mass is 9.95. The summed E-state index contributed by atoms with van der Waals surface area (Å²) in [6, 6.07) is 18.9. The third kappa shape index (κ3) is 5.48. The number of nitrogens with one attached hydrogen (secondary N) is 1. The number of rotatable bonds is 6. The van der Waals surface area contributed by atoms with Crippen LogP contribution in [0.2, 0.25) is 0 Å². The van der Waals surface area contributed by atoms with Gasteiger partial charge in [-0.1, -0.05) is 60.7 Å². The van der Waals surface area contributed by atoms with Crippen molar-refractivity contribution >= 4 is 22.8 Å². The Hall–Kier alpha value is -2.04. The van der Waals surface area contributed by atoms with Gasteiger partial charge in [0.15, 0.2) is 5.78 Å². The zero-order valence-electron chi connectivity index (χ0n) is 15.2. The Labute approximate surface area is 152 Å². The van der Waals surface area contributed by atoms with Crippen molar-refractivity contribution in [2.24, 2.45) is 0 Å². The molecule has 1 N–H and O–H groups in total. The number of Topliss-reactive ketones (excluding diaryl/α,β-unsaturated/α-hetero) is 1. The molecule has 0 aliphatic heterocycles. The molecular formula is C21H25NO2S. The Morgan fingerprint density at radius 3 is 2.00 bits per heavy atom. The molecule has 0 aromatic heterocycles. The van der Waals surface area contributed by atoms with E-state index in [1.165, 1.54) is 0 Å². The van der Waals surface area contributed by atoms with E-state index in [1.807, 2.05) is 87.5 Å². The summed E-state index contributed by atoms with van der Waals surface area (Å²) in [6.07, 6.45) is 1.87. The molecule has 2 atom stereocenters. The maximum Gasteiger partial charge on any atom is 0.157 e. The molecule has 0 fully saturated rings. The zero-order chi connectivity index (χ0) is 18.4. The Morgan fingerprint density at radius 1 is 1.00 bits per heavy atom. The Morgan fingerprint density at radius 2 is 1.52 bits per heavy atom. The fourth-order valence-corrected chi connectivity index (χ4v) is 3.19. The fourth-order valence-electron chi connectivity index (χ4n) is 2.36. The smallest absolute Gasteiger partial charge is 0.157 e. The van der Waals surface area contributed by atoms with Gasteiger partial charge in [0.2, 0.25) is 0 Å². The maximum atomic E-state index is 12.7. The molecule has 4 heteroatoms. The second-order valence-corrected chi connectivity index (χ2v) is 8.91. The molecular weight excluding hydrogens is 330 g/mol. The monoisotopic (exact) mass is 355 g/mol. The van der Waals surface area contributed by atoms with Crippen molar-refractivity contribution in [3.63, 3.8) is 0 Å². The highest BCUT2D eigenvalue weighted by atomic mass is 32.2. The molecule has 0 saturated heterocycles. The Bertz CT molecular complexity index is 761. The van der Waals surface area contributed by atoms with E-state index in [0.29, 0.717) is 5.57 Å². The highest BCUT2D eigenvalue weighted by molar-refractivity contribution is 7.84. The molecule has 25 heavy (non-hydrogen) atoms. The highest BCUT2D eigenvalue weighted by Gasteiger charge is 2.27. The summed E-state index contributed by atoms with van der Waals surface area (Å²) in [5.74, 6) is -0.0453. The summed E-state index contributed by atoms with van der Waals surface area (Å²) < 4.78 is 15.4. The van der Waals surface area contributed by atoms with Crippen LogP contribution in [0.3, 0.4) is 0 Å². The molecule has 0 aliphatic rings. The second-order valence-electron chi connectivity index (χ2n) is 6.91. The van der Waals surface area contributed by atoms with Crippen molar-refractivity contribution in [3.8, 4) is 0 Å². The van der Waals surface area contributed by atoms with E-state index < -0.39 is 21.8 Å². The van der Waals surface area contributed by atoms with Gasteiger partial charge in [-0.05, 0) is 44.9 Å².